The number of urea groups is 1. The number of piperidine rings is 1. The number of nitrogens with one attached hydrogen (secondary N) is 4. The van der Waals surface area contributed by atoms with Crippen molar-refractivity contribution < 1.29 is 37.1 Å². The van der Waals surface area contributed by atoms with Crippen molar-refractivity contribution in [3.8, 4) is 0 Å². The fraction of sp³-hybridized carbons (Fsp3) is 0.806. The second-order valence-corrected chi connectivity index (χ2v) is 19.7. The molecule has 1 heterocycles. The quantitative estimate of drug-likeness (QED) is 0.120. The molecule has 2 saturated carbocycles. The number of sulfone groups is 1. The van der Waals surface area contributed by atoms with E-state index in [1.54, 1.807) is 39.8 Å². The van der Waals surface area contributed by atoms with Crippen LogP contribution in [-0.2, 0) is 33.8 Å². The predicted molar refractivity (Wildman–Crippen MR) is 192 cm³/mol. The second kappa shape index (κ2) is 15.7. The number of nitrogens with zero attached hydrogens (tertiary/aromatic N) is 1. The smallest absolute Gasteiger partial charge is 0.315 e. The summed E-state index contributed by atoms with van der Waals surface area (Å²) >= 11 is 0. The number of carbonyl (C=O) groups excluding carboxylic acids is 5. The molecule has 5 amide bonds. The minimum atomic E-state index is -3.57. The van der Waals surface area contributed by atoms with Crippen LogP contribution >= 0.6 is 0 Å². The molecule has 0 aromatic heterocycles. The first kappa shape index (κ1) is 41.4. The molecular formula is C36H61N5O8S. The van der Waals surface area contributed by atoms with Crippen molar-refractivity contribution in [2.75, 3.05) is 32.6 Å². The summed E-state index contributed by atoms with van der Waals surface area (Å²) in [5.41, 5.74) is -1.97. The average molecular weight is 724 g/mol. The maximum Gasteiger partial charge on any atom is 0.315 e. The van der Waals surface area contributed by atoms with Crippen molar-refractivity contribution in [2.24, 2.45) is 22.7 Å². The zero-order chi connectivity index (χ0) is 37.9. The number of methoxy groups -OCH3 is 1. The lowest BCUT2D eigenvalue weighted by Gasteiger charge is -2.41. The predicted octanol–water partition coefficient (Wildman–Crippen LogP) is 2.88. The van der Waals surface area contributed by atoms with Crippen LogP contribution in [-0.4, -0.2) is 104 Å². The SMILES string of the molecule is C/C=C/CC(NC(=O)[C@@H]1C2C(CN1C(=O)[C@@H](NC(=O)NC1(CS(=O)(=O)C(C)(C)C)CCCCC1)C(C)(C)C)C2(C)C)C(=O)C(=O)NCCOC. The summed E-state index contributed by atoms with van der Waals surface area (Å²) in [6.45, 7) is 16.9. The number of carbonyl (C=O) groups is 5. The van der Waals surface area contributed by atoms with Crippen LogP contribution < -0.4 is 21.3 Å². The van der Waals surface area contributed by atoms with Gasteiger partial charge in [-0.05, 0) is 69.6 Å². The Morgan fingerprint density at radius 2 is 1.60 bits per heavy atom. The second-order valence-electron chi connectivity index (χ2n) is 17.0. The third-order valence-electron chi connectivity index (χ3n) is 10.8. The van der Waals surface area contributed by atoms with Crippen molar-refractivity contribution >= 4 is 39.4 Å². The average Bonchev–Trinajstić information content (AvgIpc) is 3.31. The molecular weight excluding hydrogens is 662 g/mol. The summed E-state index contributed by atoms with van der Waals surface area (Å²) < 4.78 is 30.6. The molecule has 3 aliphatic rings. The number of fused-ring (bicyclic) bond motifs is 1. The van der Waals surface area contributed by atoms with E-state index in [1.807, 2.05) is 34.6 Å². The molecule has 3 rings (SSSR count). The van der Waals surface area contributed by atoms with Gasteiger partial charge in [-0.25, -0.2) is 13.2 Å². The Bertz CT molecular complexity index is 1420. The Kier molecular flexibility index (Phi) is 13.0. The zero-order valence-corrected chi connectivity index (χ0v) is 32.6. The van der Waals surface area contributed by atoms with Crippen molar-refractivity contribution in [1.29, 1.82) is 0 Å². The first-order valence-electron chi connectivity index (χ1n) is 17.9. The molecule has 0 spiro atoms. The summed E-state index contributed by atoms with van der Waals surface area (Å²) in [5, 5.41) is 11.1. The Balaban J connectivity index is 1.86. The molecule has 0 radical (unpaired) electrons. The van der Waals surface area contributed by atoms with E-state index in [9.17, 15) is 32.4 Å². The summed E-state index contributed by atoms with van der Waals surface area (Å²) in [6, 6.07) is -3.74. The lowest BCUT2D eigenvalue weighted by atomic mass is 9.83. The molecule has 14 heteroatoms. The first-order valence-corrected chi connectivity index (χ1v) is 19.5. The summed E-state index contributed by atoms with van der Waals surface area (Å²) in [5.74, 6) is -2.95. The molecule has 3 unspecified atom stereocenters. The summed E-state index contributed by atoms with van der Waals surface area (Å²) in [6.07, 6.45) is 7.02. The van der Waals surface area contributed by atoms with Crippen LogP contribution in [0.2, 0.25) is 0 Å². The van der Waals surface area contributed by atoms with Gasteiger partial charge in [0, 0.05) is 20.2 Å². The van der Waals surface area contributed by atoms with Gasteiger partial charge in [0.15, 0.2) is 9.84 Å². The summed E-state index contributed by atoms with van der Waals surface area (Å²) in [4.78, 5) is 69.5. The number of Topliss-reactive ketones (excluding diaryl/α,β-unsaturated/α-hetero) is 1. The van der Waals surface area contributed by atoms with Crippen LogP contribution in [0.1, 0.15) is 101 Å². The number of hydrogen-bond donors (Lipinski definition) is 4. The van der Waals surface area contributed by atoms with Crippen molar-refractivity contribution in [2.45, 2.75) is 129 Å². The molecule has 4 N–H and O–H groups in total. The molecule has 0 bridgehead atoms. The number of likely N-dealkylation sites (tertiary alicyclic amines) is 1. The van der Waals surface area contributed by atoms with E-state index >= 15 is 0 Å². The number of ketones is 1. The third-order valence-corrected chi connectivity index (χ3v) is 13.6. The topological polar surface area (TPSA) is 180 Å². The molecule has 1 aliphatic heterocycles. The Morgan fingerprint density at radius 3 is 2.14 bits per heavy atom. The molecule has 3 fully saturated rings. The normalized spacial score (nSPS) is 24.1. The van der Waals surface area contributed by atoms with E-state index in [2.05, 4.69) is 21.3 Å². The number of rotatable bonds is 14. The van der Waals surface area contributed by atoms with Gasteiger partial charge in [-0.3, -0.25) is 19.2 Å². The van der Waals surface area contributed by atoms with Gasteiger partial charge >= 0.3 is 6.03 Å². The molecule has 284 valence electrons. The van der Waals surface area contributed by atoms with Crippen molar-refractivity contribution in [3.05, 3.63) is 12.2 Å². The minimum absolute atomic E-state index is 0.0341. The van der Waals surface area contributed by atoms with E-state index in [1.165, 1.54) is 12.0 Å². The van der Waals surface area contributed by atoms with E-state index in [0.29, 0.717) is 19.4 Å². The van der Waals surface area contributed by atoms with E-state index in [-0.39, 0.29) is 42.6 Å². The van der Waals surface area contributed by atoms with E-state index < -0.39 is 73.2 Å². The van der Waals surface area contributed by atoms with E-state index in [0.717, 1.165) is 19.3 Å². The van der Waals surface area contributed by atoms with Crippen molar-refractivity contribution in [1.82, 2.24) is 26.2 Å². The van der Waals surface area contributed by atoms with Gasteiger partial charge in [0.2, 0.25) is 17.6 Å². The lowest BCUT2D eigenvalue weighted by Crippen LogP contribution is -2.64. The molecule has 5 atom stereocenters. The highest BCUT2D eigenvalue weighted by Gasteiger charge is 2.70. The monoisotopic (exact) mass is 723 g/mol. The first-order chi connectivity index (χ1) is 23.0. The van der Waals surface area contributed by atoms with Gasteiger partial charge in [0.25, 0.3) is 5.91 Å². The number of ether oxygens (including phenoxy) is 1. The highest BCUT2D eigenvalue weighted by atomic mass is 32.2. The highest BCUT2D eigenvalue weighted by Crippen LogP contribution is 2.65. The van der Waals surface area contributed by atoms with Crippen LogP contribution in [0.15, 0.2) is 12.2 Å². The standard InChI is InChI=1S/C36H61N5O8S/c1-11-12-16-24(27(42)30(44)37-19-20-49-10)38-29(43)26-25-23(35(25,8)9)21-41(26)31(45)28(33(2,3)4)39-32(46)40-36(17-14-13-15-18-36)22-50(47,48)34(5,6)7/h11-12,23-26,28H,13-22H2,1-10H3,(H,37,44)(H,38,43)(H2,39,40,46)/b12-11+/t23?,24?,25?,26-,28+/m0/s1. The van der Waals surface area contributed by atoms with Gasteiger partial charge in [-0.15, -0.1) is 0 Å². The van der Waals surface area contributed by atoms with Gasteiger partial charge in [-0.1, -0.05) is 66.0 Å². The van der Waals surface area contributed by atoms with E-state index in [4.69, 9.17) is 4.74 Å². The van der Waals surface area contributed by atoms with Gasteiger partial charge in [0.05, 0.1) is 22.6 Å². The largest absolute Gasteiger partial charge is 0.383 e. The molecule has 1 saturated heterocycles. The Morgan fingerprint density at radius 1 is 0.980 bits per heavy atom. The lowest BCUT2D eigenvalue weighted by molar-refractivity contribution is -0.145. The number of hydrogen-bond acceptors (Lipinski definition) is 8. The molecule has 0 aromatic rings. The Labute approximate surface area is 298 Å². The van der Waals surface area contributed by atoms with Crippen LogP contribution in [0.5, 0.6) is 0 Å². The maximum absolute atomic E-state index is 14.5. The van der Waals surface area contributed by atoms with Crippen LogP contribution in [0, 0.1) is 22.7 Å². The molecule has 2 aliphatic carbocycles. The fourth-order valence-electron chi connectivity index (χ4n) is 7.42. The van der Waals surface area contributed by atoms with Crippen molar-refractivity contribution in [3.63, 3.8) is 0 Å². The zero-order valence-electron chi connectivity index (χ0n) is 31.7. The molecule has 13 nitrogen and oxygen atoms in total. The Hall–Kier alpha value is -3.00. The van der Waals surface area contributed by atoms with Crippen LogP contribution in [0.4, 0.5) is 4.79 Å². The third kappa shape index (κ3) is 9.45. The summed E-state index contributed by atoms with van der Waals surface area (Å²) in [7, 11) is -2.09. The number of amides is 5. The minimum Gasteiger partial charge on any atom is -0.383 e. The van der Waals surface area contributed by atoms with Gasteiger partial charge in [-0.2, -0.15) is 0 Å². The van der Waals surface area contributed by atoms with Gasteiger partial charge < -0.3 is 30.9 Å². The maximum atomic E-state index is 14.5. The van der Waals surface area contributed by atoms with Crippen LogP contribution in [0.25, 0.3) is 0 Å². The molecule has 50 heavy (non-hydrogen) atoms. The number of allylic oxidation sites excluding steroid dienone is 1. The molecule has 0 aromatic carbocycles. The fourth-order valence-corrected chi connectivity index (χ4v) is 8.94. The van der Waals surface area contributed by atoms with Crippen LogP contribution in [0.3, 0.4) is 0 Å². The highest BCUT2D eigenvalue weighted by molar-refractivity contribution is 7.92. The van der Waals surface area contributed by atoms with Gasteiger partial charge in [0.1, 0.15) is 18.1 Å².